The van der Waals surface area contributed by atoms with Gasteiger partial charge in [-0.2, -0.15) is 0 Å². The van der Waals surface area contributed by atoms with Crippen LogP contribution in [0.2, 0.25) is 0 Å². The molecule has 0 radical (unpaired) electrons. The Bertz CT molecular complexity index is 787. The number of Topliss-reactive ketones (excluding diaryl/α,β-unsaturated/α-hetero) is 1. The van der Waals surface area contributed by atoms with Crippen LogP contribution >= 0.6 is 0 Å². The van der Waals surface area contributed by atoms with Crippen molar-refractivity contribution < 1.29 is 9.90 Å². The van der Waals surface area contributed by atoms with Crippen LogP contribution < -0.4 is 0 Å². The normalized spacial score (nSPS) is 45.5. The second kappa shape index (κ2) is 7.47. The van der Waals surface area contributed by atoms with Crippen molar-refractivity contribution in [1.29, 1.82) is 0 Å². The number of carbonyl (C=O) groups excluding carboxylic acids is 1. The summed E-state index contributed by atoms with van der Waals surface area (Å²) >= 11 is 0. The van der Waals surface area contributed by atoms with Crippen molar-refractivity contribution in [3.8, 4) is 0 Å². The highest BCUT2D eigenvalue weighted by molar-refractivity contribution is 5.87. The van der Waals surface area contributed by atoms with Crippen molar-refractivity contribution in [2.75, 3.05) is 0 Å². The van der Waals surface area contributed by atoms with Gasteiger partial charge in [-0.3, -0.25) is 4.79 Å². The fraction of sp³-hybridized carbons (Fsp3) is 0.750. The molecule has 2 nitrogen and oxygen atoms in total. The summed E-state index contributed by atoms with van der Waals surface area (Å²) in [7, 11) is 0. The highest BCUT2D eigenvalue weighted by Crippen LogP contribution is 2.66. The molecule has 7 atom stereocenters. The summed E-state index contributed by atoms with van der Waals surface area (Å²) in [5.41, 5.74) is 1.29. The molecule has 4 fully saturated rings. The van der Waals surface area contributed by atoms with Gasteiger partial charge in [0, 0.05) is 11.8 Å². The van der Waals surface area contributed by atoms with Gasteiger partial charge in [0.1, 0.15) is 5.78 Å². The lowest BCUT2D eigenvalue weighted by molar-refractivity contribution is -0.155. The molecule has 1 unspecified atom stereocenters. The molecule has 5 rings (SSSR count). The summed E-state index contributed by atoms with van der Waals surface area (Å²) in [5, 5.41) is 11.5. The quantitative estimate of drug-likeness (QED) is 0.630. The third-order valence-electron chi connectivity index (χ3n) is 10.5. The molecule has 1 N–H and O–H groups in total. The standard InChI is InChI=1S/C28H40O2/c1-26-17-18-28(30,15-6-9-20-7-4-3-5-8-20)19-21(26)10-11-22-23-12-13-25(29)27(23,2)16-14-24(22)26/h3-5,7-8,21-24,30H,6,9-19H2,1-2H3/t21?,22-,23-,24-,26-,27-,28+/m0/s1. The summed E-state index contributed by atoms with van der Waals surface area (Å²) in [5.74, 6) is 3.37. The number of hydrogen-bond donors (Lipinski definition) is 1. The van der Waals surface area contributed by atoms with Crippen molar-refractivity contribution in [3.05, 3.63) is 35.9 Å². The molecule has 4 saturated carbocycles. The Morgan fingerprint density at radius 3 is 2.57 bits per heavy atom. The minimum atomic E-state index is -0.460. The average molecular weight is 409 g/mol. The topological polar surface area (TPSA) is 37.3 Å². The van der Waals surface area contributed by atoms with E-state index in [4.69, 9.17) is 0 Å². The molecule has 164 valence electrons. The highest BCUT2D eigenvalue weighted by atomic mass is 16.3. The van der Waals surface area contributed by atoms with E-state index in [9.17, 15) is 9.90 Å². The lowest BCUT2D eigenvalue weighted by Gasteiger charge is -2.61. The maximum atomic E-state index is 12.6. The van der Waals surface area contributed by atoms with E-state index < -0.39 is 5.60 Å². The van der Waals surface area contributed by atoms with Crippen LogP contribution in [0.15, 0.2) is 30.3 Å². The fourth-order valence-electron chi connectivity index (χ4n) is 8.59. The van der Waals surface area contributed by atoms with Gasteiger partial charge in [-0.25, -0.2) is 0 Å². The number of aliphatic hydroxyl groups is 1. The maximum absolute atomic E-state index is 12.6. The van der Waals surface area contributed by atoms with Gasteiger partial charge in [0.15, 0.2) is 0 Å². The molecule has 0 spiro atoms. The van der Waals surface area contributed by atoms with Crippen molar-refractivity contribution >= 4 is 5.78 Å². The van der Waals surface area contributed by atoms with Crippen molar-refractivity contribution in [2.45, 2.75) is 96.5 Å². The Labute approximate surface area is 182 Å². The maximum Gasteiger partial charge on any atom is 0.139 e. The van der Waals surface area contributed by atoms with E-state index in [1.165, 1.54) is 31.2 Å². The van der Waals surface area contributed by atoms with Gasteiger partial charge < -0.3 is 5.11 Å². The molecule has 0 aromatic heterocycles. The molecule has 0 saturated heterocycles. The van der Waals surface area contributed by atoms with E-state index in [1.807, 2.05) is 0 Å². The number of fused-ring (bicyclic) bond motifs is 5. The summed E-state index contributed by atoms with van der Waals surface area (Å²) in [6, 6.07) is 10.7. The Morgan fingerprint density at radius 2 is 1.77 bits per heavy atom. The smallest absolute Gasteiger partial charge is 0.139 e. The van der Waals surface area contributed by atoms with Crippen LogP contribution in [-0.4, -0.2) is 16.5 Å². The first-order chi connectivity index (χ1) is 14.3. The minimum Gasteiger partial charge on any atom is -0.390 e. The van der Waals surface area contributed by atoms with Gasteiger partial charge in [-0.05, 0) is 105 Å². The summed E-state index contributed by atoms with van der Waals surface area (Å²) in [6.07, 6.45) is 13.1. The Morgan fingerprint density at radius 1 is 0.967 bits per heavy atom. The van der Waals surface area contributed by atoms with E-state index in [0.29, 0.717) is 23.0 Å². The minimum absolute atomic E-state index is 0.0167. The molecule has 2 heteroatoms. The Balaban J connectivity index is 1.25. The van der Waals surface area contributed by atoms with Gasteiger partial charge in [0.25, 0.3) is 0 Å². The lowest BCUT2D eigenvalue weighted by Crippen LogP contribution is -2.56. The Hall–Kier alpha value is -1.15. The van der Waals surface area contributed by atoms with E-state index in [2.05, 4.69) is 44.2 Å². The molecule has 1 aromatic carbocycles. The second-order valence-corrected chi connectivity index (χ2v) is 11.8. The lowest BCUT2D eigenvalue weighted by atomic mass is 9.44. The van der Waals surface area contributed by atoms with E-state index in [0.717, 1.165) is 63.2 Å². The first-order valence-electron chi connectivity index (χ1n) is 12.6. The first-order valence-corrected chi connectivity index (χ1v) is 12.6. The van der Waals surface area contributed by atoms with Gasteiger partial charge in [-0.1, -0.05) is 44.2 Å². The van der Waals surface area contributed by atoms with Gasteiger partial charge in [0.2, 0.25) is 0 Å². The number of aryl methyl sites for hydroxylation is 1. The van der Waals surface area contributed by atoms with E-state index in [1.54, 1.807) is 0 Å². The van der Waals surface area contributed by atoms with Crippen LogP contribution in [0.5, 0.6) is 0 Å². The van der Waals surface area contributed by atoms with Crippen LogP contribution in [0.4, 0.5) is 0 Å². The molecular weight excluding hydrogens is 368 g/mol. The molecule has 0 amide bonds. The van der Waals surface area contributed by atoms with Gasteiger partial charge in [0.05, 0.1) is 5.60 Å². The molecule has 1 aromatic rings. The summed E-state index contributed by atoms with van der Waals surface area (Å²) in [6.45, 7) is 4.83. The molecule has 0 bridgehead atoms. The second-order valence-electron chi connectivity index (χ2n) is 11.8. The van der Waals surface area contributed by atoms with Crippen molar-refractivity contribution in [3.63, 3.8) is 0 Å². The Kier molecular flexibility index (Phi) is 5.16. The predicted molar refractivity (Wildman–Crippen MR) is 121 cm³/mol. The van der Waals surface area contributed by atoms with Crippen LogP contribution in [0.3, 0.4) is 0 Å². The molecular formula is C28H40O2. The van der Waals surface area contributed by atoms with Crippen molar-refractivity contribution in [1.82, 2.24) is 0 Å². The van der Waals surface area contributed by atoms with E-state index in [-0.39, 0.29) is 5.41 Å². The van der Waals surface area contributed by atoms with Crippen LogP contribution in [0.1, 0.15) is 90.0 Å². The predicted octanol–water partition coefficient (Wildman–Crippen LogP) is 6.35. The molecule has 0 aliphatic heterocycles. The van der Waals surface area contributed by atoms with Crippen LogP contribution in [0.25, 0.3) is 0 Å². The van der Waals surface area contributed by atoms with Gasteiger partial charge in [-0.15, -0.1) is 0 Å². The average Bonchev–Trinajstić information content (AvgIpc) is 3.04. The molecule has 0 heterocycles. The zero-order valence-corrected chi connectivity index (χ0v) is 19.0. The first kappa shape index (κ1) is 20.7. The SMILES string of the molecule is C[C@]12CC[C@](O)(CCCc3ccccc3)CC1CC[C@@H]1[C@@H]2CC[C@]2(C)C(=O)CC[C@@H]12. The zero-order valence-electron chi connectivity index (χ0n) is 19.0. The van der Waals surface area contributed by atoms with Crippen LogP contribution in [0, 0.1) is 34.5 Å². The van der Waals surface area contributed by atoms with Crippen LogP contribution in [-0.2, 0) is 11.2 Å². The number of rotatable bonds is 4. The number of ketones is 1. The zero-order chi connectivity index (χ0) is 21.0. The summed E-state index contributed by atoms with van der Waals surface area (Å²) in [4.78, 5) is 12.6. The fourth-order valence-corrected chi connectivity index (χ4v) is 8.59. The number of carbonyl (C=O) groups is 1. The molecule has 4 aliphatic carbocycles. The summed E-state index contributed by atoms with van der Waals surface area (Å²) < 4.78 is 0. The van der Waals surface area contributed by atoms with Crippen molar-refractivity contribution in [2.24, 2.45) is 34.5 Å². The number of hydrogen-bond acceptors (Lipinski definition) is 2. The van der Waals surface area contributed by atoms with Gasteiger partial charge >= 0.3 is 0 Å². The third-order valence-corrected chi connectivity index (χ3v) is 10.5. The molecule has 30 heavy (non-hydrogen) atoms. The highest BCUT2D eigenvalue weighted by Gasteiger charge is 2.61. The van der Waals surface area contributed by atoms with E-state index >= 15 is 0 Å². The molecule has 4 aliphatic rings. The third kappa shape index (κ3) is 3.29. The monoisotopic (exact) mass is 408 g/mol. The largest absolute Gasteiger partial charge is 0.390 e. The number of benzene rings is 1.